The van der Waals surface area contributed by atoms with Crippen molar-refractivity contribution < 1.29 is 23.0 Å². The van der Waals surface area contributed by atoms with E-state index in [9.17, 15) is 18.3 Å². The van der Waals surface area contributed by atoms with E-state index in [1.54, 1.807) is 12.1 Å². The minimum atomic E-state index is -4.59. The zero-order valence-corrected chi connectivity index (χ0v) is 15.1. The van der Waals surface area contributed by atoms with Crippen LogP contribution in [0.4, 0.5) is 13.2 Å². The van der Waals surface area contributed by atoms with E-state index in [0.717, 1.165) is 11.6 Å². The number of nitrogens with one attached hydrogen (secondary N) is 1. The van der Waals surface area contributed by atoms with Crippen LogP contribution in [0.3, 0.4) is 0 Å². The molecule has 0 radical (unpaired) electrons. The molecule has 0 aliphatic carbocycles. The lowest BCUT2D eigenvalue weighted by Crippen LogP contribution is -2.36. The summed E-state index contributed by atoms with van der Waals surface area (Å²) in [5.41, 5.74) is 0.179. The van der Waals surface area contributed by atoms with Crippen molar-refractivity contribution in [3.63, 3.8) is 0 Å². The standard InChI is InChI=1S/C21H21F3N2O2/c22-21(23,24)19-8-15(6-7-16(19)10-25)18-9-17(11-27)26-20(18)13-28-12-14-4-2-1-3-5-14/h1-8,17-18,20,26-27H,9,11-13H2/t17-,18?,20-/m0/s1. The summed E-state index contributed by atoms with van der Waals surface area (Å²) in [6, 6.07) is 14.6. The number of aliphatic hydroxyl groups is 1. The van der Waals surface area contributed by atoms with Crippen LogP contribution in [0.2, 0.25) is 0 Å². The summed E-state index contributed by atoms with van der Waals surface area (Å²) >= 11 is 0. The van der Waals surface area contributed by atoms with Gasteiger partial charge < -0.3 is 15.2 Å². The second kappa shape index (κ2) is 8.74. The van der Waals surface area contributed by atoms with E-state index in [1.807, 2.05) is 30.3 Å². The number of aliphatic hydroxyl groups excluding tert-OH is 1. The summed E-state index contributed by atoms with van der Waals surface area (Å²) in [6.07, 6.45) is -4.10. The molecule has 1 heterocycles. The fourth-order valence-electron chi connectivity index (χ4n) is 3.62. The summed E-state index contributed by atoms with van der Waals surface area (Å²) in [5, 5.41) is 21.7. The van der Waals surface area contributed by atoms with Crippen LogP contribution in [0.25, 0.3) is 0 Å². The molecule has 2 N–H and O–H groups in total. The molecular formula is C21H21F3N2O2. The van der Waals surface area contributed by atoms with Crippen LogP contribution in [0, 0.1) is 11.3 Å². The summed E-state index contributed by atoms with van der Waals surface area (Å²) in [7, 11) is 0. The summed E-state index contributed by atoms with van der Waals surface area (Å²) < 4.78 is 45.7. The van der Waals surface area contributed by atoms with Gasteiger partial charge in [-0.05, 0) is 29.7 Å². The minimum Gasteiger partial charge on any atom is -0.395 e. The van der Waals surface area contributed by atoms with Crippen molar-refractivity contribution in [3.05, 3.63) is 70.8 Å². The molecule has 0 bridgehead atoms. The quantitative estimate of drug-likeness (QED) is 0.791. The molecule has 1 aliphatic heterocycles. The zero-order chi connectivity index (χ0) is 20.1. The van der Waals surface area contributed by atoms with Crippen molar-refractivity contribution >= 4 is 0 Å². The molecule has 0 spiro atoms. The van der Waals surface area contributed by atoms with Gasteiger partial charge in [-0.15, -0.1) is 0 Å². The lowest BCUT2D eigenvalue weighted by molar-refractivity contribution is -0.137. The van der Waals surface area contributed by atoms with E-state index in [4.69, 9.17) is 10.00 Å². The topological polar surface area (TPSA) is 65.3 Å². The highest BCUT2D eigenvalue weighted by atomic mass is 19.4. The lowest BCUT2D eigenvalue weighted by Gasteiger charge is -2.21. The number of rotatable bonds is 6. The molecule has 3 rings (SSSR count). The Kier molecular flexibility index (Phi) is 6.35. The first-order chi connectivity index (χ1) is 13.4. The van der Waals surface area contributed by atoms with Crippen LogP contribution >= 0.6 is 0 Å². The fourth-order valence-corrected chi connectivity index (χ4v) is 3.62. The van der Waals surface area contributed by atoms with E-state index in [1.165, 1.54) is 6.07 Å². The average molecular weight is 390 g/mol. The van der Waals surface area contributed by atoms with Gasteiger partial charge in [-0.1, -0.05) is 36.4 Å². The number of halogens is 3. The van der Waals surface area contributed by atoms with Crippen molar-refractivity contribution in [2.45, 2.75) is 37.2 Å². The summed E-state index contributed by atoms with van der Waals surface area (Å²) in [4.78, 5) is 0. The number of nitriles is 1. The molecule has 2 aromatic rings. The van der Waals surface area contributed by atoms with Crippen LogP contribution < -0.4 is 5.32 Å². The number of alkyl halides is 3. The first kappa shape index (κ1) is 20.3. The second-order valence-corrected chi connectivity index (χ2v) is 6.91. The Morgan fingerprint density at radius 3 is 2.57 bits per heavy atom. The van der Waals surface area contributed by atoms with E-state index >= 15 is 0 Å². The second-order valence-electron chi connectivity index (χ2n) is 6.91. The van der Waals surface area contributed by atoms with Gasteiger partial charge in [-0.2, -0.15) is 18.4 Å². The summed E-state index contributed by atoms with van der Waals surface area (Å²) in [6.45, 7) is 0.599. The maximum Gasteiger partial charge on any atom is 0.417 e. The highest BCUT2D eigenvalue weighted by molar-refractivity contribution is 5.43. The van der Waals surface area contributed by atoms with Crippen LogP contribution in [0.15, 0.2) is 48.5 Å². The van der Waals surface area contributed by atoms with Gasteiger partial charge in [0.1, 0.15) is 0 Å². The molecule has 0 amide bonds. The number of benzene rings is 2. The van der Waals surface area contributed by atoms with E-state index < -0.39 is 17.3 Å². The predicted octanol–water partition coefficient (Wildman–Crippen LogP) is 3.60. The van der Waals surface area contributed by atoms with Gasteiger partial charge in [0.2, 0.25) is 0 Å². The molecule has 28 heavy (non-hydrogen) atoms. The van der Waals surface area contributed by atoms with Gasteiger partial charge in [-0.25, -0.2) is 0 Å². The van der Waals surface area contributed by atoms with Crippen LogP contribution in [0.1, 0.15) is 34.6 Å². The third-order valence-electron chi connectivity index (χ3n) is 5.00. The number of hydrogen-bond acceptors (Lipinski definition) is 4. The minimum absolute atomic E-state index is 0.103. The van der Waals surface area contributed by atoms with Crippen LogP contribution in [-0.4, -0.2) is 30.4 Å². The maximum absolute atomic E-state index is 13.3. The number of ether oxygens (including phenoxy) is 1. The molecule has 2 aromatic carbocycles. The highest BCUT2D eigenvalue weighted by Crippen LogP contribution is 2.37. The smallest absolute Gasteiger partial charge is 0.395 e. The first-order valence-electron chi connectivity index (χ1n) is 9.02. The Balaban J connectivity index is 1.77. The molecule has 1 fully saturated rings. The molecule has 1 saturated heterocycles. The Bertz CT molecular complexity index is 834. The SMILES string of the molecule is N#Cc1ccc(C2C[C@@H](CO)N[C@H]2COCc2ccccc2)cc1C(F)(F)F. The molecule has 148 valence electrons. The van der Waals surface area contributed by atoms with Crippen molar-refractivity contribution in [1.82, 2.24) is 5.32 Å². The van der Waals surface area contributed by atoms with Gasteiger partial charge in [0.05, 0.1) is 37.0 Å². The maximum atomic E-state index is 13.3. The lowest BCUT2D eigenvalue weighted by atomic mass is 9.88. The molecular weight excluding hydrogens is 369 g/mol. The molecule has 1 unspecified atom stereocenters. The molecule has 0 saturated carbocycles. The van der Waals surface area contributed by atoms with Crippen molar-refractivity contribution in [2.24, 2.45) is 0 Å². The van der Waals surface area contributed by atoms with E-state index in [-0.39, 0.29) is 24.6 Å². The molecule has 0 aromatic heterocycles. The van der Waals surface area contributed by atoms with Gasteiger partial charge in [-0.3, -0.25) is 0 Å². The number of nitrogens with zero attached hydrogens (tertiary/aromatic N) is 1. The van der Waals surface area contributed by atoms with Gasteiger partial charge in [0.25, 0.3) is 0 Å². The highest BCUT2D eigenvalue weighted by Gasteiger charge is 2.38. The van der Waals surface area contributed by atoms with Crippen molar-refractivity contribution in [3.8, 4) is 6.07 Å². The zero-order valence-electron chi connectivity index (χ0n) is 15.1. The van der Waals surface area contributed by atoms with Gasteiger partial charge in [0, 0.05) is 18.0 Å². The van der Waals surface area contributed by atoms with Gasteiger partial charge in [0.15, 0.2) is 0 Å². The first-order valence-corrected chi connectivity index (χ1v) is 9.02. The van der Waals surface area contributed by atoms with Crippen molar-refractivity contribution in [2.75, 3.05) is 13.2 Å². The molecule has 7 heteroatoms. The van der Waals surface area contributed by atoms with E-state index in [2.05, 4.69) is 5.32 Å². The van der Waals surface area contributed by atoms with Crippen LogP contribution in [-0.2, 0) is 17.5 Å². The predicted molar refractivity (Wildman–Crippen MR) is 97.4 cm³/mol. The molecule has 1 aliphatic rings. The monoisotopic (exact) mass is 390 g/mol. The van der Waals surface area contributed by atoms with E-state index in [0.29, 0.717) is 25.2 Å². The fraction of sp³-hybridized carbons (Fsp3) is 0.381. The molecule has 4 nitrogen and oxygen atoms in total. The normalized spacial score (nSPS) is 22.2. The van der Waals surface area contributed by atoms with Crippen LogP contribution in [0.5, 0.6) is 0 Å². The largest absolute Gasteiger partial charge is 0.417 e. The average Bonchev–Trinajstić information content (AvgIpc) is 3.11. The van der Waals surface area contributed by atoms with Crippen molar-refractivity contribution in [1.29, 1.82) is 5.26 Å². The third-order valence-corrected chi connectivity index (χ3v) is 5.00. The Morgan fingerprint density at radius 1 is 1.18 bits per heavy atom. The Labute approximate surface area is 161 Å². The Morgan fingerprint density at radius 2 is 1.93 bits per heavy atom. The number of hydrogen-bond donors (Lipinski definition) is 2. The van der Waals surface area contributed by atoms with Gasteiger partial charge >= 0.3 is 6.18 Å². The molecule has 3 atom stereocenters. The Hall–Kier alpha value is -2.40. The summed E-state index contributed by atoms with van der Waals surface area (Å²) in [5.74, 6) is -0.248. The third kappa shape index (κ3) is 4.71.